The molecule has 3 rings (SSSR count). The van der Waals surface area contributed by atoms with Gasteiger partial charge in [-0.15, -0.1) is 0 Å². The van der Waals surface area contributed by atoms with E-state index < -0.39 is 7.32 Å². The summed E-state index contributed by atoms with van der Waals surface area (Å²) in [6, 6.07) is 22.9. The first-order valence-electron chi connectivity index (χ1n) is 14.0. The van der Waals surface area contributed by atoms with Crippen molar-refractivity contribution in [2.75, 3.05) is 0 Å². The average molecular weight is 515 g/mol. The second kappa shape index (κ2) is 11.9. The van der Waals surface area contributed by atoms with E-state index in [1.54, 1.807) is 0 Å². The maximum absolute atomic E-state index is 6.47. The molecule has 0 saturated carbocycles. The van der Waals surface area contributed by atoms with E-state index in [0.717, 1.165) is 25.0 Å². The smallest absolute Gasteiger partial charge is 0.490 e. The molecule has 0 bridgehead atoms. The lowest BCUT2D eigenvalue weighted by atomic mass is 9.85. The number of benzene rings is 3. The number of hydrogen-bond donors (Lipinski definition) is 0. The zero-order valence-electron chi connectivity index (χ0n) is 25.3. The molecule has 0 unspecified atom stereocenters. The summed E-state index contributed by atoms with van der Waals surface area (Å²) in [6.07, 6.45) is 3.16. The van der Waals surface area contributed by atoms with E-state index in [2.05, 4.69) is 112 Å². The van der Waals surface area contributed by atoms with Crippen LogP contribution in [0.4, 0.5) is 0 Å². The molecule has 0 heterocycles. The van der Waals surface area contributed by atoms with Crippen molar-refractivity contribution in [3.63, 3.8) is 0 Å². The number of unbranched alkanes of at least 4 members (excludes halogenated alkanes) is 1. The van der Waals surface area contributed by atoms with Crippen LogP contribution in [0.5, 0.6) is 17.2 Å². The lowest BCUT2D eigenvalue weighted by Crippen LogP contribution is -2.37. The Hall–Kier alpha value is -2.88. The SMILES string of the molecule is CCCCc1cc(C(C)(C)C)ccc1OB(Oc1ccc(C(C)(C)C)cc1)Oc1ccc(C(C)(C)C)cc1. The fourth-order valence-electron chi connectivity index (χ4n) is 4.19. The summed E-state index contributed by atoms with van der Waals surface area (Å²) in [4.78, 5) is 0. The zero-order chi connectivity index (χ0) is 28.1. The van der Waals surface area contributed by atoms with Crippen molar-refractivity contribution in [1.29, 1.82) is 0 Å². The Balaban J connectivity index is 1.92. The third kappa shape index (κ3) is 8.31. The van der Waals surface area contributed by atoms with Gasteiger partial charge in [-0.1, -0.05) is 112 Å². The number of hydrogen-bond acceptors (Lipinski definition) is 3. The molecule has 0 aliphatic carbocycles. The lowest BCUT2D eigenvalue weighted by molar-refractivity contribution is 0.305. The Labute approximate surface area is 232 Å². The third-order valence-electron chi connectivity index (χ3n) is 6.85. The molecule has 3 aromatic rings. The quantitative estimate of drug-likeness (QED) is 0.266. The molecule has 0 amide bonds. The summed E-state index contributed by atoms with van der Waals surface area (Å²) in [5.41, 5.74) is 5.19. The van der Waals surface area contributed by atoms with Crippen LogP contribution in [0.3, 0.4) is 0 Å². The Morgan fingerprint density at radius 1 is 0.553 bits per heavy atom. The number of rotatable bonds is 9. The fraction of sp³-hybridized carbons (Fsp3) is 0.471. The highest BCUT2D eigenvalue weighted by Crippen LogP contribution is 2.31. The van der Waals surface area contributed by atoms with Crippen molar-refractivity contribution in [2.24, 2.45) is 0 Å². The second-order valence-electron chi connectivity index (χ2n) is 13.4. The van der Waals surface area contributed by atoms with E-state index in [0.29, 0.717) is 11.5 Å². The van der Waals surface area contributed by atoms with Gasteiger partial charge in [0.15, 0.2) is 0 Å². The van der Waals surface area contributed by atoms with Crippen molar-refractivity contribution in [3.8, 4) is 17.2 Å². The molecule has 0 atom stereocenters. The lowest BCUT2D eigenvalue weighted by Gasteiger charge is -2.23. The number of aryl methyl sites for hydroxylation is 1. The largest absolute Gasteiger partial charge is 0.864 e. The highest BCUT2D eigenvalue weighted by Gasteiger charge is 2.32. The first-order valence-corrected chi connectivity index (χ1v) is 14.0. The molecule has 0 aliphatic heterocycles. The molecule has 0 aromatic heterocycles. The molecule has 0 radical (unpaired) electrons. The van der Waals surface area contributed by atoms with Crippen molar-refractivity contribution in [3.05, 3.63) is 89.0 Å². The van der Waals surface area contributed by atoms with E-state index in [-0.39, 0.29) is 16.2 Å². The Kier molecular flexibility index (Phi) is 9.28. The summed E-state index contributed by atoms with van der Waals surface area (Å²) in [6.45, 7) is 22.2. The maximum Gasteiger partial charge on any atom is 0.864 e. The molecule has 4 heteroatoms. The van der Waals surface area contributed by atoms with Gasteiger partial charge in [0.05, 0.1) is 0 Å². The molecule has 0 aliphatic rings. The van der Waals surface area contributed by atoms with E-state index in [4.69, 9.17) is 14.0 Å². The van der Waals surface area contributed by atoms with Gasteiger partial charge in [0.2, 0.25) is 0 Å². The van der Waals surface area contributed by atoms with Crippen LogP contribution in [0.1, 0.15) is 104 Å². The molecule has 0 saturated heterocycles. The van der Waals surface area contributed by atoms with Crippen LogP contribution in [0.2, 0.25) is 0 Å². The highest BCUT2D eigenvalue weighted by atomic mass is 16.7. The maximum atomic E-state index is 6.47. The molecule has 0 fully saturated rings. The minimum Gasteiger partial charge on any atom is -0.490 e. The molecule has 38 heavy (non-hydrogen) atoms. The summed E-state index contributed by atoms with van der Waals surface area (Å²) >= 11 is 0. The van der Waals surface area contributed by atoms with Crippen molar-refractivity contribution < 1.29 is 14.0 Å². The summed E-state index contributed by atoms with van der Waals surface area (Å²) < 4.78 is 19.1. The summed E-state index contributed by atoms with van der Waals surface area (Å²) in [7, 11) is -0.933. The standard InChI is InChI=1S/C34H47BO3/c1-11-12-13-25-24-28(34(8,9)10)18-23-31(25)38-35(36-29-19-14-26(15-20-29)32(2,3)4)37-30-21-16-27(17-22-30)33(5,6)7/h14-24H,11-13H2,1-10H3. The molecule has 3 aromatic carbocycles. The summed E-state index contributed by atoms with van der Waals surface area (Å²) in [5.74, 6) is 2.21. The molecular formula is C34H47BO3. The van der Waals surface area contributed by atoms with Crippen LogP contribution < -0.4 is 14.0 Å². The Bertz CT molecular complexity index is 1100. The van der Waals surface area contributed by atoms with E-state index in [1.165, 1.54) is 22.3 Å². The monoisotopic (exact) mass is 514 g/mol. The first-order chi connectivity index (χ1) is 17.7. The minimum absolute atomic E-state index is 0.0650. The first kappa shape index (κ1) is 29.7. The van der Waals surface area contributed by atoms with Gasteiger partial charge >= 0.3 is 7.32 Å². The minimum atomic E-state index is -0.933. The molecule has 204 valence electrons. The van der Waals surface area contributed by atoms with E-state index in [9.17, 15) is 0 Å². The van der Waals surface area contributed by atoms with Gasteiger partial charge in [-0.05, 0) is 81.7 Å². The Morgan fingerprint density at radius 2 is 0.974 bits per heavy atom. The van der Waals surface area contributed by atoms with Gasteiger partial charge in [0, 0.05) is 0 Å². The van der Waals surface area contributed by atoms with Crippen LogP contribution in [-0.2, 0) is 22.7 Å². The van der Waals surface area contributed by atoms with Crippen LogP contribution >= 0.6 is 0 Å². The van der Waals surface area contributed by atoms with Crippen LogP contribution in [-0.4, -0.2) is 7.32 Å². The summed E-state index contributed by atoms with van der Waals surface area (Å²) in [5, 5.41) is 0. The molecule has 0 N–H and O–H groups in total. The van der Waals surface area contributed by atoms with Crippen molar-refractivity contribution in [1.82, 2.24) is 0 Å². The van der Waals surface area contributed by atoms with Gasteiger partial charge in [-0.3, -0.25) is 0 Å². The second-order valence-corrected chi connectivity index (χ2v) is 13.4. The van der Waals surface area contributed by atoms with Crippen LogP contribution in [0, 0.1) is 0 Å². The van der Waals surface area contributed by atoms with E-state index >= 15 is 0 Å². The van der Waals surface area contributed by atoms with Gasteiger partial charge in [0.25, 0.3) is 0 Å². The molecular weight excluding hydrogens is 467 g/mol. The molecule has 0 spiro atoms. The van der Waals surface area contributed by atoms with Gasteiger partial charge in [-0.25, -0.2) is 0 Å². The third-order valence-corrected chi connectivity index (χ3v) is 6.85. The predicted octanol–water partition coefficient (Wildman–Crippen LogP) is 9.44. The topological polar surface area (TPSA) is 27.7 Å². The van der Waals surface area contributed by atoms with Gasteiger partial charge in [0.1, 0.15) is 17.2 Å². The normalized spacial score (nSPS) is 12.3. The van der Waals surface area contributed by atoms with Gasteiger partial charge < -0.3 is 14.0 Å². The van der Waals surface area contributed by atoms with Gasteiger partial charge in [-0.2, -0.15) is 0 Å². The van der Waals surface area contributed by atoms with Crippen molar-refractivity contribution in [2.45, 2.75) is 105 Å². The zero-order valence-corrected chi connectivity index (χ0v) is 25.3. The van der Waals surface area contributed by atoms with Crippen LogP contribution in [0.15, 0.2) is 66.7 Å². The Morgan fingerprint density at radius 3 is 1.37 bits per heavy atom. The predicted molar refractivity (Wildman–Crippen MR) is 162 cm³/mol. The van der Waals surface area contributed by atoms with Crippen molar-refractivity contribution >= 4 is 7.32 Å². The van der Waals surface area contributed by atoms with E-state index in [1.807, 2.05) is 24.3 Å². The molecule has 3 nitrogen and oxygen atoms in total. The average Bonchev–Trinajstić information content (AvgIpc) is 2.82. The van der Waals surface area contributed by atoms with Crippen LogP contribution in [0.25, 0.3) is 0 Å². The highest BCUT2D eigenvalue weighted by molar-refractivity contribution is 6.39. The fourth-order valence-corrected chi connectivity index (χ4v) is 4.19.